The first-order valence-corrected chi connectivity index (χ1v) is 5.05. The Morgan fingerprint density at radius 3 is 2.25 bits per heavy atom. The Kier molecular flexibility index (Phi) is 6.39. The van der Waals surface area contributed by atoms with E-state index in [9.17, 15) is 0 Å². The molecule has 0 aliphatic heterocycles. The van der Waals surface area contributed by atoms with E-state index in [2.05, 4.69) is 13.8 Å². The Balaban J connectivity index is 3.95. The Hall–Kier alpha value is -0.0800. The zero-order chi connectivity index (χ0) is 9.45. The molecule has 1 atom stereocenters. The van der Waals surface area contributed by atoms with Crippen LogP contribution in [-0.2, 0) is 0 Å². The molecule has 0 bridgehead atoms. The van der Waals surface area contributed by atoms with E-state index in [4.69, 9.17) is 10.8 Å². The van der Waals surface area contributed by atoms with E-state index in [1.807, 2.05) is 0 Å². The highest BCUT2D eigenvalue weighted by atomic mass is 16.3. The van der Waals surface area contributed by atoms with Gasteiger partial charge in [0, 0.05) is 6.61 Å². The van der Waals surface area contributed by atoms with Crippen molar-refractivity contribution in [1.82, 2.24) is 0 Å². The minimum atomic E-state index is 0.213. The molecule has 0 fully saturated rings. The maximum Gasteiger partial charge on any atom is 0.0436 e. The van der Waals surface area contributed by atoms with Crippen LogP contribution in [-0.4, -0.2) is 18.3 Å². The molecule has 0 aliphatic rings. The molecule has 0 rings (SSSR count). The van der Waals surface area contributed by atoms with Gasteiger partial charge in [-0.05, 0) is 31.2 Å². The molecule has 0 amide bonds. The van der Waals surface area contributed by atoms with Crippen molar-refractivity contribution >= 4 is 0 Å². The maximum atomic E-state index is 8.91. The molecule has 2 nitrogen and oxygen atoms in total. The molecule has 12 heavy (non-hydrogen) atoms. The van der Waals surface area contributed by atoms with Crippen molar-refractivity contribution < 1.29 is 5.11 Å². The van der Waals surface area contributed by atoms with Gasteiger partial charge in [0.05, 0.1) is 0 Å². The SMILES string of the molecule is CCCCC(CC)(CN)CCO. The lowest BCUT2D eigenvalue weighted by Crippen LogP contribution is -2.31. The van der Waals surface area contributed by atoms with E-state index in [0.29, 0.717) is 6.54 Å². The minimum absolute atomic E-state index is 0.213. The highest BCUT2D eigenvalue weighted by molar-refractivity contribution is 4.78. The monoisotopic (exact) mass is 173 g/mol. The fraction of sp³-hybridized carbons (Fsp3) is 1.00. The Bertz CT molecular complexity index is 100. The molecule has 0 saturated heterocycles. The first-order chi connectivity index (χ1) is 5.74. The average molecular weight is 173 g/mol. The smallest absolute Gasteiger partial charge is 0.0436 e. The van der Waals surface area contributed by atoms with E-state index >= 15 is 0 Å². The van der Waals surface area contributed by atoms with Crippen LogP contribution in [0.3, 0.4) is 0 Å². The molecular formula is C10H23NO. The Labute approximate surface area is 76.2 Å². The molecule has 3 N–H and O–H groups in total. The van der Waals surface area contributed by atoms with Crippen LogP contribution in [0, 0.1) is 5.41 Å². The van der Waals surface area contributed by atoms with Crippen LogP contribution >= 0.6 is 0 Å². The fourth-order valence-corrected chi connectivity index (χ4v) is 1.62. The molecule has 74 valence electrons. The highest BCUT2D eigenvalue weighted by Crippen LogP contribution is 2.30. The first kappa shape index (κ1) is 11.9. The standard InChI is InChI=1S/C10H23NO/c1-3-5-6-10(4-2,9-11)7-8-12/h12H,3-9,11H2,1-2H3. The molecule has 0 radical (unpaired) electrons. The zero-order valence-corrected chi connectivity index (χ0v) is 8.47. The van der Waals surface area contributed by atoms with Crippen LogP contribution in [0.1, 0.15) is 46.0 Å². The van der Waals surface area contributed by atoms with E-state index < -0.39 is 0 Å². The topological polar surface area (TPSA) is 46.2 Å². The first-order valence-electron chi connectivity index (χ1n) is 5.05. The zero-order valence-electron chi connectivity index (χ0n) is 8.47. The number of nitrogens with two attached hydrogens (primary N) is 1. The van der Waals surface area contributed by atoms with Gasteiger partial charge in [-0.25, -0.2) is 0 Å². The van der Waals surface area contributed by atoms with Crippen LogP contribution in [0.5, 0.6) is 0 Å². The highest BCUT2D eigenvalue weighted by Gasteiger charge is 2.24. The van der Waals surface area contributed by atoms with Gasteiger partial charge >= 0.3 is 0 Å². The summed E-state index contributed by atoms with van der Waals surface area (Å²) in [6.07, 6.45) is 5.55. The summed E-state index contributed by atoms with van der Waals surface area (Å²) in [6, 6.07) is 0. The molecule has 0 aliphatic carbocycles. The summed E-state index contributed by atoms with van der Waals surface area (Å²) in [5.74, 6) is 0. The maximum absolute atomic E-state index is 8.91. The van der Waals surface area contributed by atoms with Crippen molar-refractivity contribution in [2.24, 2.45) is 11.1 Å². The molecule has 0 heterocycles. The van der Waals surface area contributed by atoms with Crippen LogP contribution in [0.25, 0.3) is 0 Å². The van der Waals surface area contributed by atoms with Gasteiger partial charge < -0.3 is 10.8 Å². The minimum Gasteiger partial charge on any atom is -0.396 e. The number of hydrogen-bond donors (Lipinski definition) is 2. The molecule has 0 spiro atoms. The molecule has 0 aromatic rings. The van der Waals surface area contributed by atoms with Crippen molar-refractivity contribution in [3.05, 3.63) is 0 Å². The summed E-state index contributed by atoms with van der Waals surface area (Å²) in [4.78, 5) is 0. The summed E-state index contributed by atoms with van der Waals surface area (Å²) >= 11 is 0. The number of hydrogen-bond acceptors (Lipinski definition) is 2. The molecular weight excluding hydrogens is 150 g/mol. The van der Waals surface area contributed by atoms with Gasteiger partial charge in [-0.3, -0.25) is 0 Å². The van der Waals surface area contributed by atoms with Gasteiger partial charge in [-0.1, -0.05) is 26.7 Å². The van der Waals surface area contributed by atoms with Crippen molar-refractivity contribution in [1.29, 1.82) is 0 Å². The molecule has 0 aromatic carbocycles. The lowest BCUT2D eigenvalue weighted by atomic mass is 9.78. The molecule has 0 saturated carbocycles. The lowest BCUT2D eigenvalue weighted by Gasteiger charge is -2.30. The average Bonchev–Trinajstić information content (AvgIpc) is 2.13. The quantitative estimate of drug-likeness (QED) is 0.618. The number of aliphatic hydroxyl groups excluding tert-OH is 1. The largest absolute Gasteiger partial charge is 0.396 e. The molecule has 2 heteroatoms. The lowest BCUT2D eigenvalue weighted by molar-refractivity contribution is 0.166. The third kappa shape index (κ3) is 3.55. The number of unbranched alkanes of at least 4 members (excludes halogenated alkanes) is 1. The van der Waals surface area contributed by atoms with E-state index in [1.165, 1.54) is 12.8 Å². The summed E-state index contributed by atoms with van der Waals surface area (Å²) in [7, 11) is 0. The second kappa shape index (κ2) is 6.44. The van der Waals surface area contributed by atoms with Crippen LogP contribution in [0.4, 0.5) is 0 Å². The summed E-state index contributed by atoms with van der Waals surface area (Å²) in [5, 5.41) is 8.91. The summed E-state index contributed by atoms with van der Waals surface area (Å²) in [6.45, 7) is 5.34. The Morgan fingerprint density at radius 1 is 1.25 bits per heavy atom. The Morgan fingerprint density at radius 2 is 1.92 bits per heavy atom. The predicted octanol–water partition coefficient (Wildman–Crippen LogP) is 1.91. The van der Waals surface area contributed by atoms with Gasteiger partial charge in [0.25, 0.3) is 0 Å². The van der Waals surface area contributed by atoms with Crippen LogP contribution in [0.15, 0.2) is 0 Å². The van der Waals surface area contributed by atoms with Gasteiger partial charge in [-0.2, -0.15) is 0 Å². The predicted molar refractivity (Wildman–Crippen MR) is 53.0 cm³/mol. The molecule has 1 unspecified atom stereocenters. The van der Waals surface area contributed by atoms with Gasteiger partial charge in [-0.15, -0.1) is 0 Å². The third-order valence-corrected chi connectivity index (χ3v) is 2.89. The van der Waals surface area contributed by atoms with Crippen molar-refractivity contribution in [2.75, 3.05) is 13.2 Å². The summed E-state index contributed by atoms with van der Waals surface area (Å²) < 4.78 is 0. The van der Waals surface area contributed by atoms with Crippen LogP contribution in [0.2, 0.25) is 0 Å². The van der Waals surface area contributed by atoms with Gasteiger partial charge in [0.1, 0.15) is 0 Å². The molecule has 0 aromatic heterocycles. The number of aliphatic hydroxyl groups is 1. The normalized spacial score (nSPS) is 16.0. The fourth-order valence-electron chi connectivity index (χ4n) is 1.62. The number of rotatable bonds is 7. The third-order valence-electron chi connectivity index (χ3n) is 2.89. The van der Waals surface area contributed by atoms with Crippen molar-refractivity contribution in [3.63, 3.8) is 0 Å². The second-order valence-corrected chi connectivity index (χ2v) is 3.63. The van der Waals surface area contributed by atoms with E-state index in [-0.39, 0.29) is 12.0 Å². The summed E-state index contributed by atoms with van der Waals surface area (Å²) in [5.41, 5.74) is 5.95. The van der Waals surface area contributed by atoms with Gasteiger partial charge in [0.15, 0.2) is 0 Å². The van der Waals surface area contributed by atoms with E-state index in [1.54, 1.807) is 0 Å². The van der Waals surface area contributed by atoms with Crippen molar-refractivity contribution in [2.45, 2.75) is 46.0 Å². The van der Waals surface area contributed by atoms with Gasteiger partial charge in [0.2, 0.25) is 0 Å². The van der Waals surface area contributed by atoms with Crippen molar-refractivity contribution in [3.8, 4) is 0 Å². The van der Waals surface area contributed by atoms with E-state index in [0.717, 1.165) is 19.3 Å². The van der Waals surface area contributed by atoms with Crippen LogP contribution < -0.4 is 5.73 Å². The second-order valence-electron chi connectivity index (χ2n) is 3.63.